The number of ether oxygens (including phenoxy) is 1. The predicted octanol–water partition coefficient (Wildman–Crippen LogP) is 1.36. The highest BCUT2D eigenvalue weighted by molar-refractivity contribution is 4.64. The van der Waals surface area contributed by atoms with Crippen molar-refractivity contribution in [2.75, 3.05) is 13.4 Å². The van der Waals surface area contributed by atoms with E-state index in [0.717, 1.165) is 12.8 Å². The summed E-state index contributed by atoms with van der Waals surface area (Å²) in [6.07, 6.45) is 3.65. The molecule has 0 aliphatic heterocycles. The van der Waals surface area contributed by atoms with Crippen LogP contribution in [0.15, 0.2) is 12.7 Å². The van der Waals surface area contributed by atoms with Crippen molar-refractivity contribution >= 4 is 0 Å². The number of unbranched alkanes of at least 4 members (excludes halogenated alkanes) is 1. The molecule has 47 valence electrons. The lowest BCUT2D eigenvalue weighted by atomic mass is 10.3. The SMILES string of the molecule is C=CCCCOC[O]. The number of hydrogen-bond acceptors (Lipinski definition) is 1. The third-order valence-electron chi connectivity index (χ3n) is 0.780. The molecule has 0 N–H and O–H groups in total. The van der Waals surface area contributed by atoms with Gasteiger partial charge in [0.25, 0.3) is 0 Å². The van der Waals surface area contributed by atoms with E-state index < -0.39 is 6.79 Å². The fourth-order valence-electron chi connectivity index (χ4n) is 0.389. The van der Waals surface area contributed by atoms with Gasteiger partial charge >= 0.3 is 0 Å². The maximum atomic E-state index is 9.64. The molecule has 0 spiro atoms. The number of rotatable bonds is 5. The van der Waals surface area contributed by atoms with Crippen LogP contribution in [-0.4, -0.2) is 13.4 Å². The summed E-state index contributed by atoms with van der Waals surface area (Å²) in [7, 11) is 0. The van der Waals surface area contributed by atoms with Gasteiger partial charge in [-0.25, -0.2) is 5.11 Å². The van der Waals surface area contributed by atoms with E-state index in [-0.39, 0.29) is 0 Å². The zero-order chi connectivity index (χ0) is 6.24. The highest BCUT2D eigenvalue weighted by atomic mass is 16.6. The highest BCUT2D eigenvalue weighted by Crippen LogP contribution is 1.88. The normalized spacial score (nSPS) is 9.12. The van der Waals surface area contributed by atoms with Gasteiger partial charge in [0.1, 0.15) is 0 Å². The minimum absolute atomic E-state index is 0.420. The Morgan fingerprint density at radius 2 is 2.38 bits per heavy atom. The lowest BCUT2D eigenvalue weighted by molar-refractivity contribution is -0.0440. The highest BCUT2D eigenvalue weighted by Gasteiger charge is 1.81. The first-order chi connectivity index (χ1) is 3.91. The van der Waals surface area contributed by atoms with Gasteiger partial charge in [-0.15, -0.1) is 6.58 Å². The summed E-state index contributed by atoms with van der Waals surface area (Å²) in [5.41, 5.74) is 0. The van der Waals surface area contributed by atoms with Crippen molar-refractivity contribution in [3.05, 3.63) is 12.7 Å². The first-order valence-electron chi connectivity index (χ1n) is 2.68. The van der Waals surface area contributed by atoms with Crippen LogP contribution in [0.4, 0.5) is 0 Å². The second-order valence-corrected chi connectivity index (χ2v) is 1.46. The second kappa shape index (κ2) is 6.66. The van der Waals surface area contributed by atoms with Crippen LogP contribution in [0, 0.1) is 0 Å². The molecule has 0 aromatic heterocycles. The molecule has 8 heavy (non-hydrogen) atoms. The van der Waals surface area contributed by atoms with Crippen molar-refractivity contribution < 1.29 is 9.84 Å². The van der Waals surface area contributed by atoms with Crippen molar-refractivity contribution in [3.8, 4) is 0 Å². The van der Waals surface area contributed by atoms with Gasteiger partial charge in [-0.2, -0.15) is 0 Å². The number of hydrogen-bond donors (Lipinski definition) is 0. The van der Waals surface area contributed by atoms with E-state index in [9.17, 15) is 5.11 Å². The zero-order valence-electron chi connectivity index (χ0n) is 4.93. The van der Waals surface area contributed by atoms with Crippen LogP contribution < -0.4 is 0 Å². The van der Waals surface area contributed by atoms with E-state index >= 15 is 0 Å². The van der Waals surface area contributed by atoms with E-state index in [1.165, 1.54) is 0 Å². The predicted molar refractivity (Wildman–Crippen MR) is 30.9 cm³/mol. The average molecular weight is 115 g/mol. The summed E-state index contributed by atoms with van der Waals surface area (Å²) < 4.78 is 4.53. The molecule has 0 saturated heterocycles. The summed E-state index contributed by atoms with van der Waals surface area (Å²) in [5, 5.41) is 9.64. The third kappa shape index (κ3) is 5.66. The monoisotopic (exact) mass is 115 g/mol. The van der Waals surface area contributed by atoms with Crippen molar-refractivity contribution in [3.63, 3.8) is 0 Å². The second-order valence-electron chi connectivity index (χ2n) is 1.46. The van der Waals surface area contributed by atoms with Crippen LogP contribution in [0.25, 0.3) is 0 Å². The molecule has 2 nitrogen and oxygen atoms in total. The van der Waals surface area contributed by atoms with Crippen LogP contribution >= 0.6 is 0 Å². The van der Waals surface area contributed by atoms with Gasteiger partial charge in [0, 0.05) is 6.61 Å². The molecule has 0 bridgehead atoms. The van der Waals surface area contributed by atoms with Gasteiger partial charge in [-0.05, 0) is 12.8 Å². The minimum Gasteiger partial charge on any atom is -0.352 e. The van der Waals surface area contributed by atoms with Crippen LogP contribution in [0.5, 0.6) is 0 Å². The van der Waals surface area contributed by atoms with Crippen LogP contribution in [-0.2, 0) is 9.84 Å². The maximum absolute atomic E-state index is 9.64. The van der Waals surface area contributed by atoms with Crippen molar-refractivity contribution in [2.45, 2.75) is 12.8 Å². The Morgan fingerprint density at radius 3 is 2.88 bits per heavy atom. The lowest BCUT2D eigenvalue weighted by Crippen LogP contribution is -1.92. The van der Waals surface area contributed by atoms with Crippen LogP contribution in [0.2, 0.25) is 0 Å². The van der Waals surface area contributed by atoms with E-state index in [1.807, 2.05) is 6.08 Å². The Bertz CT molecular complexity index is 52.5. The molecule has 0 amide bonds. The molecule has 2 heteroatoms. The molecular formula is C6H11O2. The molecule has 0 fully saturated rings. The molecule has 0 heterocycles. The molecule has 0 aliphatic rings. The lowest BCUT2D eigenvalue weighted by Gasteiger charge is -1.93. The van der Waals surface area contributed by atoms with E-state index in [1.54, 1.807) is 0 Å². The standard InChI is InChI=1S/C6H11O2/c1-2-3-4-5-8-6-7/h2H,1,3-6H2. The summed E-state index contributed by atoms with van der Waals surface area (Å²) >= 11 is 0. The van der Waals surface area contributed by atoms with Gasteiger partial charge in [0.05, 0.1) is 0 Å². The Balaban J connectivity index is 2.62. The first kappa shape index (κ1) is 7.66. The van der Waals surface area contributed by atoms with E-state index in [2.05, 4.69) is 11.3 Å². The van der Waals surface area contributed by atoms with Crippen LogP contribution in [0.3, 0.4) is 0 Å². The fraction of sp³-hybridized carbons (Fsp3) is 0.667. The molecule has 0 aliphatic carbocycles. The molecule has 0 saturated carbocycles. The summed E-state index contributed by atoms with van der Waals surface area (Å²) in [6, 6.07) is 0. The average Bonchev–Trinajstić information content (AvgIpc) is 1.81. The van der Waals surface area contributed by atoms with E-state index in [0.29, 0.717) is 6.61 Å². The summed E-state index contributed by atoms with van der Waals surface area (Å²) in [6.45, 7) is 3.67. The Labute approximate surface area is 49.8 Å². The molecule has 0 rings (SSSR count). The summed E-state index contributed by atoms with van der Waals surface area (Å²) in [5.74, 6) is 0. The Kier molecular flexibility index (Phi) is 6.38. The molecule has 1 radical (unpaired) electrons. The van der Waals surface area contributed by atoms with E-state index in [4.69, 9.17) is 0 Å². The van der Waals surface area contributed by atoms with Gasteiger partial charge < -0.3 is 4.74 Å². The van der Waals surface area contributed by atoms with Gasteiger partial charge in [-0.3, -0.25) is 0 Å². The molecular weight excluding hydrogens is 104 g/mol. The molecule has 0 unspecified atom stereocenters. The van der Waals surface area contributed by atoms with Crippen LogP contribution in [0.1, 0.15) is 12.8 Å². The smallest absolute Gasteiger partial charge is 0.180 e. The molecule has 0 aromatic rings. The topological polar surface area (TPSA) is 29.1 Å². The minimum atomic E-state index is -0.420. The van der Waals surface area contributed by atoms with Gasteiger partial charge in [0.15, 0.2) is 6.79 Å². The maximum Gasteiger partial charge on any atom is 0.180 e. The number of allylic oxidation sites excluding steroid dienone is 1. The summed E-state index contributed by atoms with van der Waals surface area (Å²) in [4.78, 5) is 0. The Hall–Kier alpha value is -0.340. The molecule has 0 atom stereocenters. The van der Waals surface area contributed by atoms with Crippen molar-refractivity contribution in [1.29, 1.82) is 0 Å². The van der Waals surface area contributed by atoms with Gasteiger partial charge in [-0.1, -0.05) is 6.08 Å². The van der Waals surface area contributed by atoms with Gasteiger partial charge in [0.2, 0.25) is 0 Å². The largest absolute Gasteiger partial charge is 0.352 e. The fourth-order valence-corrected chi connectivity index (χ4v) is 0.389. The zero-order valence-corrected chi connectivity index (χ0v) is 4.93. The van der Waals surface area contributed by atoms with Crippen molar-refractivity contribution in [1.82, 2.24) is 0 Å². The molecule has 0 aromatic carbocycles. The third-order valence-corrected chi connectivity index (χ3v) is 0.780. The quantitative estimate of drug-likeness (QED) is 0.302. The van der Waals surface area contributed by atoms with Crippen molar-refractivity contribution in [2.24, 2.45) is 0 Å². The Morgan fingerprint density at radius 1 is 1.62 bits per heavy atom. The first-order valence-corrected chi connectivity index (χ1v) is 2.68.